The van der Waals surface area contributed by atoms with Crippen LogP contribution < -0.4 is 15.4 Å². The van der Waals surface area contributed by atoms with Crippen LogP contribution in [0.1, 0.15) is 42.2 Å². The van der Waals surface area contributed by atoms with E-state index in [2.05, 4.69) is 10.6 Å². The molecule has 4 rings (SSSR count). The lowest BCUT2D eigenvalue weighted by molar-refractivity contribution is 0.0695. The number of amides is 2. The highest BCUT2D eigenvalue weighted by molar-refractivity contribution is 6.06. The monoisotopic (exact) mass is 528 g/mol. The first-order valence-corrected chi connectivity index (χ1v) is 11.6. The van der Waals surface area contributed by atoms with E-state index in [1.807, 2.05) is 0 Å². The maximum atomic E-state index is 12.7. The minimum Gasteiger partial charge on any atom is -0.508 e. The summed E-state index contributed by atoms with van der Waals surface area (Å²) in [4.78, 5) is 36.6. The molecule has 6 N–H and O–H groups in total. The van der Waals surface area contributed by atoms with E-state index in [-0.39, 0.29) is 56.8 Å². The number of hydrogen-bond donors (Lipinski definition) is 6. The van der Waals surface area contributed by atoms with Crippen molar-refractivity contribution < 1.29 is 39.5 Å². The number of hydrogen-bond acceptors (Lipinski definition) is 7. The lowest BCUT2D eigenvalue weighted by Crippen LogP contribution is -2.13. The summed E-state index contributed by atoms with van der Waals surface area (Å²) < 4.78 is 5.82. The van der Waals surface area contributed by atoms with E-state index in [4.69, 9.17) is 4.74 Å². The third-order valence-electron chi connectivity index (χ3n) is 5.85. The van der Waals surface area contributed by atoms with Gasteiger partial charge >= 0.3 is 5.97 Å². The molecule has 0 unspecified atom stereocenters. The van der Waals surface area contributed by atoms with E-state index in [9.17, 15) is 34.8 Å². The molecule has 0 spiro atoms. The van der Waals surface area contributed by atoms with Crippen molar-refractivity contribution in [1.29, 1.82) is 0 Å². The Kier molecular flexibility index (Phi) is 7.39. The van der Waals surface area contributed by atoms with Crippen molar-refractivity contribution in [2.75, 3.05) is 10.6 Å². The number of rotatable bonds is 7. The van der Waals surface area contributed by atoms with Gasteiger partial charge in [-0.25, -0.2) is 4.79 Å². The summed E-state index contributed by atoms with van der Waals surface area (Å²) in [6.45, 7) is 3.23. The molecule has 10 heteroatoms. The first-order chi connectivity index (χ1) is 18.5. The van der Waals surface area contributed by atoms with Gasteiger partial charge in [-0.1, -0.05) is 0 Å². The number of anilines is 2. The van der Waals surface area contributed by atoms with E-state index in [1.54, 1.807) is 13.8 Å². The summed E-state index contributed by atoms with van der Waals surface area (Å²) in [6.07, 6.45) is 0. The molecular weight excluding hydrogens is 504 g/mol. The zero-order chi connectivity index (χ0) is 28.3. The van der Waals surface area contributed by atoms with Crippen LogP contribution in [0.5, 0.6) is 28.7 Å². The normalized spacial score (nSPS) is 10.5. The number of benzene rings is 4. The number of aryl methyl sites for hydroxylation is 2. The van der Waals surface area contributed by atoms with Crippen LogP contribution in [0.2, 0.25) is 0 Å². The van der Waals surface area contributed by atoms with Crippen LogP contribution in [0, 0.1) is 13.8 Å². The fraction of sp³-hybridized carbons (Fsp3) is 0.0690. The predicted molar refractivity (Wildman–Crippen MR) is 143 cm³/mol. The topological polar surface area (TPSA) is 165 Å². The van der Waals surface area contributed by atoms with Gasteiger partial charge in [0.15, 0.2) is 0 Å². The van der Waals surface area contributed by atoms with Crippen LogP contribution >= 0.6 is 0 Å². The molecule has 10 nitrogen and oxygen atoms in total. The van der Waals surface area contributed by atoms with Crippen molar-refractivity contribution in [3.05, 3.63) is 101 Å². The Bertz CT molecular complexity index is 1610. The van der Waals surface area contributed by atoms with Crippen LogP contribution in [0.3, 0.4) is 0 Å². The molecule has 4 aromatic carbocycles. The van der Waals surface area contributed by atoms with Crippen LogP contribution in [-0.4, -0.2) is 38.2 Å². The molecular formula is C29H24N2O8. The zero-order valence-electron chi connectivity index (χ0n) is 20.9. The summed E-state index contributed by atoms with van der Waals surface area (Å²) in [5.41, 5.74) is 1.61. The molecule has 0 aliphatic heterocycles. The number of carbonyl (C=O) groups is 3. The van der Waals surface area contributed by atoms with Crippen molar-refractivity contribution in [3.8, 4) is 28.7 Å². The van der Waals surface area contributed by atoms with E-state index in [0.29, 0.717) is 11.1 Å². The average molecular weight is 529 g/mol. The molecule has 0 aliphatic carbocycles. The number of nitrogens with one attached hydrogen (secondary N) is 2. The first kappa shape index (κ1) is 26.6. The van der Waals surface area contributed by atoms with Crippen molar-refractivity contribution >= 4 is 29.2 Å². The summed E-state index contributed by atoms with van der Waals surface area (Å²) >= 11 is 0. The number of carboxylic acid groups (broad SMARTS) is 1. The molecule has 4 aromatic rings. The quantitative estimate of drug-likeness (QED) is 0.173. The fourth-order valence-electron chi connectivity index (χ4n) is 3.72. The SMILES string of the molecule is Cc1cc(C(=O)Nc2cc(Oc3ccc(O)c(NC(=O)c4ccc(C(=O)O)c(C)c4)c3)ccc2O)ccc1O. The molecule has 39 heavy (non-hydrogen) atoms. The minimum atomic E-state index is -1.10. The van der Waals surface area contributed by atoms with Crippen molar-refractivity contribution in [2.24, 2.45) is 0 Å². The highest BCUT2D eigenvalue weighted by atomic mass is 16.5. The van der Waals surface area contributed by atoms with Gasteiger partial charge in [-0.2, -0.15) is 0 Å². The van der Waals surface area contributed by atoms with E-state index >= 15 is 0 Å². The van der Waals surface area contributed by atoms with Gasteiger partial charge in [0.1, 0.15) is 28.7 Å². The number of carbonyl (C=O) groups excluding carboxylic acids is 2. The maximum Gasteiger partial charge on any atom is 0.335 e. The lowest BCUT2D eigenvalue weighted by Gasteiger charge is -2.13. The Morgan fingerprint density at radius 2 is 1.08 bits per heavy atom. The molecule has 2 amide bonds. The third-order valence-corrected chi connectivity index (χ3v) is 5.85. The van der Waals surface area contributed by atoms with Crippen LogP contribution in [0.15, 0.2) is 72.8 Å². The smallest absolute Gasteiger partial charge is 0.335 e. The molecule has 0 atom stereocenters. The molecule has 0 radical (unpaired) electrons. The largest absolute Gasteiger partial charge is 0.508 e. The summed E-state index contributed by atoms with van der Waals surface area (Å²) in [6, 6.07) is 16.9. The van der Waals surface area contributed by atoms with Gasteiger partial charge in [-0.15, -0.1) is 0 Å². The Morgan fingerprint density at radius 3 is 1.54 bits per heavy atom. The number of ether oxygens (including phenoxy) is 1. The van der Waals surface area contributed by atoms with Gasteiger partial charge in [-0.3, -0.25) is 9.59 Å². The summed E-state index contributed by atoms with van der Waals surface area (Å²) in [5.74, 6) is -2.07. The van der Waals surface area contributed by atoms with E-state index in [1.165, 1.54) is 72.8 Å². The molecule has 0 heterocycles. The van der Waals surface area contributed by atoms with Crippen LogP contribution in [0.25, 0.3) is 0 Å². The molecule has 0 saturated carbocycles. The van der Waals surface area contributed by atoms with Gasteiger partial charge in [0.2, 0.25) is 0 Å². The molecule has 198 valence electrons. The molecule has 0 aliphatic rings. The zero-order valence-corrected chi connectivity index (χ0v) is 20.9. The molecule has 0 aromatic heterocycles. The van der Waals surface area contributed by atoms with Crippen LogP contribution in [0.4, 0.5) is 11.4 Å². The Balaban J connectivity index is 1.50. The van der Waals surface area contributed by atoms with Gasteiger partial charge in [0, 0.05) is 23.3 Å². The second-order valence-corrected chi connectivity index (χ2v) is 8.70. The highest BCUT2D eigenvalue weighted by Gasteiger charge is 2.15. The van der Waals surface area contributed by atoms with Gasteiger partial charge < -0.3 is 35.8 Å². The van der Waals surface area contributed by atoms with Gasteiger partial charge in [0.05, 0.1) is 16.9 Å². The first-order valence-electron chi connectivity index (χ1n) is 11.6. The third kappa shape index (κ3) is 6.08. The standard InChI is InChI=1S/C29H24N2O8/c1-15-11-17(3-7-21(15)29(37)38)27(35)30-22-13-19(5-9-25(22)33)39-20-6-10-26(34)23(14-20)31-28(36)18-4-8-24(32)16(2)12-18/h3-14,32-34H,1-2H3,(H,30,35)(H,31,36)(H,37,38). The van der Waals surface area contributed by atoms with E-state index in [0.717, 1.165) is 0 Å². The minimum absolute atomic E-state index is 0.0486. The second-order valence-electron chi connectivity index (χ2n) is 8.70. The summed E-state index contributed by atoms with van der Waals surface area (Å²) in [5, 5.41) is 44.5. The summed E-state index contributed by atoms with van der Waals surface area (Å²) in [7, 11) is 0. The number of aromatic hydroxyl groups is 3. The highest BCUT2D eigenvalue weighted by Crippen LogP contribution is 2.34. The lowest BCUT2D eigenvalue weighted by atomic mass is 10.0. The number of aromatic carboxylic acids is 1. The van der Waals surface area contributed by atoms with E-state index < -0.39 is 17.8 Å². The molecule has 0 fully saturated rings. The number of phenolic OH excluding ortho intramolecular Hbond substituents is 3. The van der Waals surface area contributed by atoms with Gasteiger partial charge in [0.25, 0.3) is 11.8 Å². The Labute approximate surface area is 222 Å². The molecule has 0 bridgehead atoms. The van der Waals surface area contributed by atoms with Crippen LogP contribution in [-0.2, 0) is 0 Å². The van der Waals surface area contributed by atoms with Gasteiger partial charge in [-0.05, 0) is 85.6 Å². The van der Waals surface area contributed by atoms with Crippen molar-refractivity contribution in [3.63, 3.8) is 0 Å². The Morgan fingerprint density at radius 1 is 0.615 bits per heavy atom. The fourth-order valence-corrected chi connectivity index (χ4v) is 3.72. The Hall–Kier alpha value is -5.51. The maximum absolute atomic E-state index is 12.7. The van der Waals surface area contributed by atoms with Crippen molar-refractivity contribution in [1.82, 2.24) is 0 Å². The predicted octanol–water partition coefficient (Wildman–Crippen LogP) is 5.42. The average Bonchev–Trinajstić information content (AvgIpc) is 2.89. The van der Waals surface area contributed by atoms with Crippen molar-refractivity contribution in [2.45, 2.75) is 13.8 Å². The number of carboxylic acids is 1. The number of phenols is 3. The second kappa shape index (κ2) is 10.9. The molecule has 0 saturated heterocycles.